The fraction of sp³-hybridized carbons (Fsp3) is 0.357. The number of unbranched alkanes of at least 4 members (excludes halogenated alkanes) is 3. The van der Waals surface area contributed by atoms with Gasteiger partial charge in [-0.2, -0.15) is 0 Å². The van der Waals surface area contributed by atoms with E-state index in [1.165, 1.54) is 0 Å². The van der Waals surface area contributed by atoms with Crippen LogP contribution in [0.3, 0.4) is 0 Å². The highest BCUT2D eigenvalue weighted by atomic mass is 35.5. The summed E-state index contributed by atoms with van der Waals surface area (Å²) in [4.78, 5) is 11.9. The largest absolute Gasteiger partial charge is 0.294 e. The van der Waals surface area contributed by atoms with Gasteiger partial charge in [-0.15, -0.1) is 6.58 Å². The summed E-state index contributed by atoms with van der Waals surface area (Å²) in [5, 5.41) is 0.800. The minimum Gasteiger partial charge on any atom is -0.294 e. The summed E-state index contributed by atoms with van der Waals surface area (Å²) < 4.78 is 0. The molecule has 3 heteroatoms. The third-order valence-corrected chi connectivity index (χ3v) is 3.38. The average Bonchev–Trinajstić information content (AvgIpc) is 2.32. The molecule has 0 aliphatic heterocycles. The van der Waals surface area contributed by atoms with Crippen LogP contribution in [-0.4, -0.2) is 5.78 Å². The molecule has 0 radical (unpaired) electrons. The Kier molecular flexibility index (Phi) is 6.31. The second kappa shape index (κ2) is 7.52. The molecule has 0 aliphatic rings. The summed E-state index contributed by atoms with van der Waals surface area (Å²) >= 11 is 11.8. The smallest absolute Gasteiger partial charge is 0.164 e. The zero-order chi connectivity index (χ0) is 12.7. The molecule has 17 heavy (non-hydrogen) atoms. The predicted octanol–water partition coefficient (Wildman–Crippen LogP) is 5.31. The number of carbonyl (C=O) groups is 1. The second-order valence-electron chi connectivity index (χ2n) is 3.91. The molecule has 0 unspecified atom stereocenters. The summed E-state index contributed by atoms with van der Waals surface area (Å²) in [6.45, 7) is 3.66. The van der Waals surface area contributed by atoms with E-state index >= 15 is 0 Å². The van der Waals surface area contributed by atoms with Gasteiger partial charge in [0.25, 0.3) is 0 Å². The van der Waals surface area contributed by atoms with Crippen LogP contribution in [0.15, 0.2) is 30.9 Å². The van der Waals surface area contributed by atoms with Crippen molar-refractivity contribution in [2.45, 2.75) is 32.1 Å². The van der Waals surface area contributed by atoms with Crippen molar-refractivity contribution in [1.82, 2.24) is 0 Å². The normalized spacial score (nSPS) is 10.2. The Balaban J connectivity index is 2.47. The lowest BCUT2D eigenvalue weighted by molar-refractivity contribution is 0.0979. The van der Waals surface area contributed by atoms with Crippen LogP contribution in [0.1, 0.15) is 42.5 Å². The maximum atomic E-state index is 11.9. The first-order chi connectivity index (χ1) is 8.16. The van der Waals surface area contributed by atoms with Crippen LogP contribution in [0.4, 0.5) is 0 Å². The number of Topliss-reactive ketones (excluding diaryl/α,β-unsaturated/α-hetero) is 1. The number of benzene rings is 1. The number of hydrogen-bond acceptors (Lipinski definition) is 1. The first-order valence-electron chi connectivity index (χ1n) is 5.75. The molecule has 0 N–H and O–H groups in total. The van der Waals surface area contributed by atoms with Crippen molar-refractivity contribution < 1.29 is 4.79 Å². The van der Waals surface area contributed by atoms with Crippen LogP contribution in [0, 0.1) is 0 Å². The van der Waals surface area contributed by atoms with E-state index in [2.05, 4.69) is 6.58 Å². The van der Waals surface area contributed by atoms with E-state index in [-0.39, 0.29) is 5.78 Å². The van der Waals surface area contributed by atoms with Gasteiger partial charge in [-0.25, -0.2) is 0 Å². The minimum absolute atomic E-state index is 0.0658. The highest BCUT2D eigenvalue weighted by Crippen LogP contribution is 2.26. The maximum Gasteiger partial charge on any atom is 0.164 e. The highest BCUT2D eigenvalue weighted by molar-refractivity contribution is 6.43. The summed E-state index contributed by atoms with van der Waals surface area (Å²) in [7, 11) is 0. The van der Waals surface area contributed by atoms with E-state index in [0.717, 1.165) is 25.7 Å². The summed E-state index contributed by atoms with van der Waals surface area (Å²) in [6, 6.07) is 5.16. The van der Waals surface area contributed by atoms with Gasteiger partial charge in [0.15, 0.2) is 5.78 Å². The molecule has 1 aromatic carbocycles. The molecule has 0 heterocycles. The molecule has 1 rings (SSSR count). The van der Waals surface area contributed by atoms with Crippen molar-refractivity contribution in [3.63, 3.8) is 0 Å². The lowest BCUT2D eigenvalue weighted by atomic mass is 10.0. The fourth-order valence-corrected chi connectivity index (χ4v) is 2.01. The molecule has 0 saturated heterocycles. The molecule has 1 nitrogen and oxygen atoms in total. The van der Waals surface area contributed by atoms with Gasteiger partial charge in [0.1, 0.15) is 0 Å². The Labute approximate surface area is 112 Å². The molecule has 0 aromatic heterocycles. The van der Waals surface area contributed by atoms with Gasteiger partial charge in [0.05, 0.1) is 10.0 Å². The zero-order valence-electron chi connectivity index (χ0n) is 9.72. The minimum atomic E-state index is 0.0658. The molecule has 0 bridgehead atoms. The third-order valence-electron chi connectivity index (χ3n) is 2.56. The van der Waals surface area contributed by atoms with Gasteiger partial charge in [0.2, 0.25) is 0 Å². The number of halogens is 2. The van der Waals surface area contributed by atoms with Crippen LogP contribution in [0.25, 0.3) is 0 Å². The summed E-state index contributed by atoms with van der Waals surface area (Å²) in [6.07, 6.45) is 6.44. The number of ketones is 1. The molecule has 0 spiro atoms. The molecule has 0 atom stereocenters. The van der Waals surface area contributed by atoms with E-state index < -0.39 is 0 Å². The maximum absolute atomic E-state index is 11.9. The molecule has 0 saturated carbocycles. The Morgan fingerprint density at radius 1 is 1.24 bits per heavy atom. The van der Waals surface area contributed by atoms with E-state index in [4.69, 9.17) is 23.2 Å². The first-order valence-corrected chi connectivity index (χ1v) is 6.50. The molecule has 1 aromatic rings. The monoisotopic (exact) mass is 270 g/mol. The predicted molar refractivity (Wildman–Crippen MR) is 74.1 cm³/mol. The van der Waals surface area contributed by atoms with Gasteiger partial charge < -0.3 is 0 Å². The van der Waals surface area contributed by atoms with Crippen molar-refractivity contribution in [3.8, 4) is 0 Å². The highest BCUT2D eigenvalue weighted by Gasteiger charge is 2.11. The quantitative estimate of drug-likeness (QED) is 0.373. The average molecular weight is 271 g/mol. The van der Waals surface area contributed by atoms with Crippen LogP contribution >= 0.6 is 23.2 Å². The van der Waals surface area contributed by atoms with Crippen LogP contribution in [-0.2, 0) is 0 Å². The number of rotatable bonds is 7. The van der Waals surface area contributed by atoms with Gasteiger partial charge in [-0.05, 0) is 31.4 Å². The topological polar surface area (TPSA) is 17.1 Å². The van der Waals surface area contributed by atoms with Gasteiger partial charge >= 0.3 is 0 Å². The Bertz CT molecular complexity index is 399. The van der Waals surface area contributed by atoms with E-state index in [9.17, 15) is 4.79 Å². The molecular formula is C14H16Cl2O. The lowest BCUT2D eigenvalue weighted by Gasteiger charge is -2.04. The number of carbonyl (C=O) groups excluding carboxylic acids is 1. The number of hydrogen-bond donors (Lipinski definition) is 0. The van der Waals surface area contributed by atoms with Crippen LogP contribution < -0.4 is 0 Å². The Hall–Kier alpha value is -0.790. The standard InChI is InChI=1S/C14H16Cl2O/c1-2-3-4-5-6-10-13(17)11-8-7-9-12(15)14(11)16/h2,7-9H,1,3-6,10H2. The van der Waals surface area contributed by atoms with E-state index in [0.29, 0.717) is 22.0 Å². The SMILES string of the molecule is C=CCCCCCC(=O)c1cccc(Cl)c1Cl. The van der Waals surface area contributed by atoms with Crippen molar-refractivity contribution in [2.75, 3.05) is 0 Å². The van der Waals surface area contributed by atoms with Gasteiger partial charge in [0, 0.05) is 12.0 Å². The zero-order valence-corrected chi connectivity index (χ0v) is 11.2. The molecule has 0 fully saturated rings. The Morgan fingerprint density at radius 3 is 2.71 bits per heavy atom. The van der Waals surface area contributed by atoms with Crippen LogP contribution in [0.2, 0.25) is 10.0 Å². The fourth-order valence-electron chi connectivity index (χ4n) is 1.60. The molecule has 0 amide bonds. The van der Waals surface area contributed by atoms with Crippen molar-refractivity contribution in [3.05, 3.63) is 46.5 Å². The number of allylic oxidation sites excluding steroid dienone is 1. The second-order valence-corrected chi connectivity index (χ2v) is 4.70. The Morgan fingerprint density at radius 2 is 2.00 bits per heavy atom. The van der Waals surface area contributed by atoms with Crippen molar-refractivity contribution >= 4 is 29.0 Å². The molecular weight excluding hydrogens is 255 g/mol. The first kappa shape index (κ1) is 14.3. The van der Waals surface area contributed by atoms with Gasteiger partial charge in [-0.3, -0.25) is 4.79 Å². The lowest BCUT2D eigenvalue weighted by Crippen LogP contribution is -2.00. The molecule has 0 aliphatic carbocycles. The van der Waals surface area contributed by atoms with Crippen molar-refractivity contribution in [1.29, 1.82) is 0 Å². The van der Waals surface area contributed by atoms with E-state index in [1.54, 1.807) is 18.2 Å². The van der Waals surface area contributed by atoms with Gasteiger partial charge in [-0.1, -0.05) is 41.8 Å². The van der Waals surface area contributed by atoms with Crippen molar-refractivity contribution in [2.24, 2.45) is 0 Å². The summed E-state index contributed by atoms with van der Waals surface area (Å²) in [5.41, 5.74) is 0.530. The summed E-state index contributed by atoms with van der Waals surface area (Å²) in [5.74, 6) is 0.0658. The van der Waals surface area contributed by atoms with E-state index in [1.807, 2.05) is 6.08 Å². The van der Waals surface area contributed by atoms with Crippen LogP contribution in [0.5, 0.6) is 0 Å². The third kappa shape index (κ3) is 4.53. The molecule has 92 valence electrons.